The highest BCUT2D eigenvalue weighted by molar-refractivity contribution is 7.22. The number of hydrogen-bond acceptors (Lipinski definition) is 7. The van der Waals surface area contributed by atoms with Crippen LogP contribution in [0.25, 0.3) is 10.2 Å². The van der Waals surface area contributed by atoms with Gasteiger partial charge in [0.15, 0.2) is 5.13 Å². The van der Waals surface area contributed by atoms with Gasteiger partial charge in [0, 0.05) is 39.4 Å². The van der Waals surface area contributed by atoms with Crippen LogP contribution in [0.4, 0.5) is 5.13 Å². The first-order valence-corrected chi connectivity index (χ1v) is 10.5. The SMILES string of the molecule is COc1ccc2nc(N(CCCN3CCOCC3)C(=O)c3ccnn3C)sc2c1.Cl. The highest BCUT2D eigenvalue weighted by Crippen LogP contribution is 2.32. The van der Waals surface area contributed by atoms with Gasteiger partial charge in [-0.25, -0.2) is 4.98 Å². The van der Waals surface area contributed by atoms with Crippen molar-refractivity contribution in [2.45, 2.75) is 6.42 Å². The number of rotatable bonds is 7. The van der Waals surface area contributed by atoms with E-state index in [0.29, 0.717) is 17.4 Å². The lowest BCUT2D eigenvalue weighted by molar-refractivity contribution is 0.0376. The van der Waals surface area contributed by atoms with Gasteiger partial charge in [-0.3, -0.25) is 19.3 Å². The van der Waals surface area contributed by atoms with E-state index < -0.39 is 0 Å². The summed E-state index contributed by atoms with van der Waals surface area (Å²) in [6.45, 7) is 4.96. The van der Waals surface area contributed by atoms with Gasteiger partial charge in [0.2, 0.25) is 0 Å². The molecule has 1 saturated heterocycles. The second kappa shape index (κ2) is 10.2. The van der Waals surface area contributed by atoms with Gasteiger partial charge in [-0.15, -0.1) is 12.4 Å². The topological polar surface area (TPSA) is 72.7 Å². The Balaban J connectivity index is 0.00000256. The standard InChI is InChI=1S/C20H25N5O3S.ClH/c1-23-17(6-7-21-23)19(26)25(9-3-8-24-10-12-28-13-11-24)20-22-16-5-4-15(27-2)14-18(16)29-20;/h4-7,14H,3,8-13H2,1-2H3;1H. The summed E-state index contributed by atoms with van der Waals surface area (Å²) in [5.41, 5.74) is 1.41. The second-order valence-corrected chi connectivity index (χ2v) is 7.94. The molecule has 1 aliphatic rings. The quantitative estimate of drug-likeness (QED) is 0.550. The maximum absolute atomic E-state index is 13.3. The van der Waals surface area contributed by atoms with E-state index in [-0.39, 0.29) is 18.3 Å². The van der Waals surface area contributed by atoms with Crippen molar-refractivity contribution in [2.75, 3.05) is 51.4 Å². The molecule has 30 heavy (non-hydrogen) atoms. The van der Waals surface area contributed by atoms with Gasteiger partial charge in [0.1, 0.15) is 11.4 Å². The monoisotopic (exact) mass is 451 g/mol. The minimum absolute atomic E-state index is 0. The molecule has 1 amide bonds. The first kappa shape index (κ1) is 22.5. The molecule has 1 fully saturated rings. The fraction of sp³-hybridized carbons (Fsp3) is 0.450. The summed E-state index contributed by atoms with van der Waals surface area (Å²) in [6.07, 6.45) is 2.51. The van der Waals surface area contributed by atoms with Gasteiger partial charge in [-0.1, -0.05) is 11.3 Å². The Morgan fingerprint density at radius 2 is 2.10 bits per heavy atom. The average molecular weight is 452 g/mol. The van der Waals surface area contributed by atoms with Gasteiger partial charge in [-0.2, -0.15) is 5.10 Å². The second-order valence-electron chi connectivity index (χ2n) is 6.93. The summed E-state index contributed by atoms with van der Waals surface area (Å²) in [6, 6.07) is 7.51. The molecular weight excluding hydrogens is 426 g/mol. The first-order chi connectivity index (χ1) is 14.2. The molecule has 1 aromatic carbocycles. The van der Waals surface area contributed by atoms with Crippen molar-refractivity contribution in [3.63, 3.8) is 0 Å². The maximum Gasteiger partial charge on any atom is 0.278 e. The number of nitrogens with zero attached hydrogens (tertiary/aromatic N) is 5. The van der Waals surface area contributed by atoms with Crippen LogP contribution in [0.2, 0.25) is 0 Å². The van der Waals surface area contributed by atoms with E-state index in [4.69, 9.17) is 14.5 Å². The van der Waals surface area contributed by atoms with Crippen LogP contribution in [-0.2, 0) is 11.8 Å². The number of anilines is 1. The smallest absolute Gasteiger partial charge is 0.278 e. The Kier molecular flexibility index (Phi) is 7.65. The number of benzene rings is 1. The zero-order valence-electron chi connectivity index (χ0n) is 17.1. The lowest BCUT2D eigenvalue weighted by atomic mass is 10.3. The van der Waals surface area contributed by atoms with E-state index >= 15 is 0 Å². The summed E-state index contributed by atoms with van der Waals surface area (Å²) < 4.78 is 13.3. The molecule has 10 heteroatoms. The minimum atomic E-state index is -0.0852. The highest BCUT2D eigenvalue weighted by Gasteiger charge is 2.24. The molecule has 3 heterocycles. The van der Waals surface area contributed by atoms with Gasteiger partial charge < -0.3 is 9.47 Å². The van der Waals surface area contributed by atoms with E-state index in [2.05, 4.69) is 10.00 Å². The summed E-state index contributed by atoms with van der Waals surface area (Å²) in [5, 5.41) is 4.84. The zero-order valence-corrected chi connectivity index (χ0v) is 18.7. The number of ether oxygens (including phenoxy) is 2. The Morgan fingerprint density at radius 3 is 2.80 bits per heavy atom. The number of amides is 1. The van der Waals surface area contributed by atoms with Crippen molar-refractivity contribution in [3.8, 4) is 5.75 Å². The maximum atomic E-state index is 13.3. The van der Waals surface area contributed by atoms with Crippen molar-refractivity contribution in [3.05, 3.63) is 36.2 Å². The van der Waals surface area contributed by atoms with Crippen LogP contribution < -0.4 is 9.64 Å². The largest absolute Gasteiger partial charge is 0.497 e. The lowest BCUT2D eigenvalue weighted by Crippen LogP contribution is -2.39. The molecule has 0 aliphatic carbocycles. The Bertz CT molecular complexity index is 986. The molecule has 0 atom stereocenters. The predicted octanol–water partition coefficient (Wildman–Crippen LogP) is 2.83. The molecule has 0 bridgehead atoms. The summed E-state index contributed by atoms with van der Waals surface area (Å²) in [5.74, 6) is 0.697. The van der Waals surface area contributed by atoms with Crippen LogP contribution in [0.3, 0.4) is 0 Å². The number of hydrogen-bond donors (Lipinski definition) is 0. The number of aryl methyl sites for hydroxylation is 1. The number of aromatic nitrogens is 3. The molecule has 1 aliphatic heterocycles. The van der Waals surface area contributed by atoms with E-state index in [1.807, 2.05) is 18.2 Å². The van der Waals surface area contributed by atoms with E-state index in [1.54, 1.807) is 36.0 Å². The number of carbonyl (C=O) groups excluding carboxylic acids is 1. The van der Waals surface area contributed by atoms with Gasteiger partial charge >= 0.3 is 0 Å². The van der Waals surface area contributed by atoms with Crippen molar-refractivity contribution < 1.29 is 14.3 Å². The molecule has 3 aromatic rings. The normalized spacial score (nSPS) is 14.5. The number of morpholine rings is 1. The van der Waals surface area contributed by atoms with Gasteiger partial charge in [0.25, 0.3) is 5.91 Å². The van der Waals surface area contributed by atoms with Gasteiger partial charge in [-0.05, 0) is 30.7 Å². The zero-order chi connectivity index (χ0) is 20.2. The molecule has 2 aromatic heterocycles. The fourth-order valence-corrected chi connectivity index (χ4v) is 4.44. The number of halogens is 1. The molecule has 0 spiro atoms. The highest BCUT2D eigenvalue weighted by atomic mass is 35.5. The van der Waals surface area contributed by atoms with Gasteiger partial charge in [0.05, 0.1) is 30.5 Å². The van der Waals surface area contributed by atoms with Crippen LogP contribution in [0.5, 0.6) is 5.75 Å². The number of fused-ring (bicyclic) bond motifs is 1. The van der Waals surface area contributed by atoms with Crippen LogP contribution >= 0.6 is 23.7 Å². The number of thiazole rings is 1. The third kappa shape index (κ3) is 4.92. The molecular formula is C20H26ClN5O3S. The van der Waals surface area contributed by atoms with E-state index in [9.17, 15) is 4.79 Å². The minimum Gasteiger partial charge on any atom is -0.497 e. The summed E-state index contributed by atoms with van der Waals surface area (Å²) in [4.78, 5) is 22.1. The molecule has 8 nitrogen and oxygen atoms in total. The Morgan fingerprint density at radius 1 is 1.30 bits per heavy atom. The first-order valence-electron chi connectivity index (χ1n) is 9.70. The van der Waals surface area contributed by atoms with E-state index in [1.165, 1.54) is 11.3 Å². The van der Waals surface area contributed by atoms with Crippen LogP contribution in [0, 0.1) is 0 Å². The van der Waals surface area contributed by atoms with Crippen molar-refractivity contribution in [1.82, 2.24) is 19.7 Å². The molecule has 4 rings (SSSR count). The average Bonchev–Trinajstić information content (AvgIpc) is 3.36. The van der Waals surface area contributed by atoms with E-state index in [0.717, 1.165) is 55.2 Å². The molecule has 162 valence electrons. The Hall–Kier alpha value is -2.20. The van der Waals surface area contributed by atoms with Crippen LogP contribution in [0.15, 0.2) is 30.5 Å². The van der Waals surface area contributed by atoms with Crippen LogP contribution in [-0.4, -0.2) is 72.1 Å². The fourth-order valence-electron chi connectivity index (χ4n) is 3.42. The number of methoxy groups -OCH3 is 1. The van der Waals surface area contributed by atoms with Crippen molar-refractivity contribution in [1.29, 1.82) is 0 Å². The van der Waals surface area contributed by atoms with Crippen molar-refractivity contribution >= 4 is 45.0 Å². The van der Waals surface area contributed by atoms with Crippen LogP contribution in [0.1, 0.15) is 16.9 Å². The third-order valence-corrected chi connectivity index (χ3v) is 6.10. The summed E-state index contributed by atoms with van der Waals surface area (Å²) in [7, 11) is 3.43. The molecule has 0 saturated carbocycles. The Labute approximate surface area is 185 Å². The van der Waals surface area contributed by atoms with Crippen molar-refractivity contribution in [2.24, 2.45) is 7.05 Å². The summed E-state index contributed by atoms with van der Waals surface area (Å²) >= 11 is 1.50. The predicted molar refractivity (Wildman–Crippen MR) is 120 cm³/mol. The lowest BCUT2D eigenvalue weighted by Gasteiger charge is -2.27. The molecule has 0 radical (unpaired) electrons. The third-order valence-electron chi connectivity index (χ3n) is 5.06. The number of carbonyl (C=O) groups is 1. The molecule has 0 unspecified atom stereocenters. The molecule has 0 N–H and O–H groups in total.